The smallest absolute Gasteiger partial charge is 0.320 e. The molecule has 1 heterocycles. The van der Waals surface area contributed by atoms with E-state index in [1.807, 2.05) is 77.7 Å². The lowest BCUT2D eigenvalue weighted by atomic mass is 9.80. The zero-order valence-electron chi connectivity index (χ0n) is 21.0. The molecule has 3 aromatic rings. The van der Waals surface area contributed by atoms with Crippen LogP contribution in [0, 0.1) is 0 Å². The van der Waals surface area contributed by atoms with Crippen molar-refractivity contribution >= 4 is 5.97 Å². The third-order valence-corrected chi connectivity index (χ3v) is 6.84. The van der Waals surface area contributed by atoms with Crippen molar-refractivity contribution in [2.45, 2.75) is 24.5 Å². The molecule has 1 atom stereocenters. The number of hydrogen-bond acceptors (Lipinski definition) is 6. The lowest BCUT2D eigenvalue weighted by Gasteiger charge is -2.37. The fraction of sp³-hybridized carbons (Fsp3) is 0.345. The largest absolute Gasteiger partial charge is 0.497 e. The van der Waals surface area contributed by atoms with Crippen LogP contribution in [0.5, 0.6) is 17.2 Å². The summed E-state index contributed by atoms with van der Waals surface area (Å²) in [6.07, 6.45) is 1.54. The van der Waals surface area contributed by atoms with Crippen LogP contribution in [0.4, 0.5) is 0 Å². The Hall–Kier alpha value is -3.55. The quantitative estimate of drug-likeness (QED) is 0.394. The van der Waals surface area contributed by atoms with Gasteiger partial charge < -0.3 is 24.1 Å². The Morgan fingerprint density at radius 3 is 1.58 bits per heavy atom. The molecular weight excluding hydrogens is 458 g/mol. The Morgan fingerprint density at radius 1 is 0.806 bits per heavy atom. The van der Waals surface area contributed by atoms with Crippen LogP contribution in [0.1, 0.15) is 29.5 Å². The molecule has 1 aliphatic heterocycles. The molecule has 1 N–H and O–H groups in total. The number of aliphatic carboxylic acids is 1. The van der Waals surface area contributed by atoms with Crippen molar-refractivity contribution in [3.63, 3.8) is 0 Å². The highest BCUT2D eigenvalue weighted by molar-refractivity contribution is 5.73. The lowest BCUT2D eigenvalue weighted by Crippen LogP contribution is -2.40. The number of carbonyl (C=O) groups is 1. The average Bonchev–Trinajstić information content (AvgIpc) is 3.41. The summed E-state index contributed by atoms with van der Waals surface area (Å²) in [4.78, 5) is 13.7. The Labute approximate surface area is 212 Å². The maximum atomic E-state index is 11.7. The third kappa shape index (κ3) is 5.17. The molecule has 36 heavy (non-hydrogen) atoms. The Balaban J connectivity index is 1.78. The van der Waals surface area contributed by atoms with Crippen molar-refractivity contribution in [1.29, 1.82) is 0 Å². The molecule has 0 aromatic heterocycles. The van der Waals surface area contributed by atoms with Gasteiger partial charge in [0.05, 0.1) is 27.9 Å². The first kappa shape index (κ1) is 25.5. The van der Waals surface area contributed by atoms with E-state index in [1.54, 1.807) is 21.3 Å². The second-order valence-electron chi connectivity index (χ2n) is 8.75. The summed E-state index contributed by atoms with van der Waals surface area (Å²) in [6.45, 7) is 1.61. The summed E-state index contributed by atoms with van der Waals surface area (Å²) in [6, 6.07) is 23.1. The second kappa shape index (κ2) is 11.5. The molecule has 0 saturated carbocycles. The minimum atomic E-state index is -0.955. The molecule has 3 aromatic carbocycles. The normalized spacial score (nSPS) is 16.0. The van der Waals surface area contributed by atoms with Gasteiger partial charge in [-0.3, -0.25) is 9.69 Å². The summed E-state index contributed by atoms with van der Waals surface area (Å²) < 4.78 is 23.0. The number of hydrogen-bond donors (Lipinski definition) is 1. The van der Waals surface area contributed by atoms with E-state index in [0.717, 1.165) is 46.9 Å². The van der Waals surface area contributed by atoms with Gasteiger partial charge in [0.2, 0.25) is 0 Å². The molecule has 7 nitrogen and oxygen atoms in total. The molecule has 0 aliphatic carbocycles. The van der Waals surface area contributed by atoms with E-state index in [1.165, 1.54) is 0 Å². The van der Waals surface area contributed by atoms with Gasteiger partial charge in [0.15, 0.2) is 0 Å². The average molecular weight is 492 g/mol. The first-order valence-corrected chi connectivity index (χ1v) is 12.1. The summed E-state index contributed by atoms with van der Waals surface area (Å²) in [7, 11) is 4.92. The molecule has 1 saturated heterocycles. The van der Waals surface area contributed by atoms with Crippen molar-refractivity contribution in [3.8, 4) is 17.2 Å². The number of carboxylic acid groups (broad SMARTS) is 1. The van der Waals surface area contributed by atoms with Gasteiger partial charge in [-0.05, 0) is 72.5 Å². The van der Waals surface area contributed by atoms with E-state index in [2.05, 4.69) is 0 Å². The number of likely N-dealkylation sites (tertiary alicyclic amines) is 1. The highest BCUT2D eigenvalue weighted by Gasteiger charge is 2.39. The molecule has 0 amide bonds. The third-order valence-electron chi connectivity index (χ3n) is 6.84. The molecule has 0 unspecified atom stereocenters. The molecular formula is C29H33NO6. The van der Waals surface area contributed by atoms with Gasteiger partial charge in [0, 0.05) is 6.54 Å². The zero-order chi connectivity index (χ0) is 25.5. The van der Waals surface area contributed by atoms with Gasteiger partial charge in [-0.15, -0.1) is 0 Å². The van der Waals surface area contributed by atoms with Crippen LogP contribution in [0.25, 0.3) is 0 Å². The molecule has 0 spiro atoms. The number of methoxy groups -OCH3 is 3. The van der Waals surface area contributed by atoms with Crippen molar-refractivity contribution in [2.24, 2.45) is 0 Å². The fourth-order valence-corrected chi connectivity index (χ4v) is 4.92. The van der Waals surface area contributed by atoms with E-state index in [9.17, 15) is 9.90 Å². The molecule has 0 radical (unpaired) electrons. The monoisotopic (exact) mass is 491 g/mol. The SMILES string of the molecule is COc1ccc(C(OCCN2CCC[C@H]2C(=O)O)(c2ccc(OC)cc2)c2ccc(OC)cc2)cc1. The van der Waals surface area contributed by atoms with Gasteiger partial charge >= 0.3 is 5.97 Å². The van der Waals surface area contributed by atoms with Gasteiger partial charge in [-0.1, -0.05) is 36.4 Å². The minimum absolute atomic E-state index is 0.341. The molecule has 4 rings (SSSR count). The topological polar surface area (TPSA) is 77.5 Å². The predicted molar refractivity (Wildman–Crippen MR) is 137 cm³/mol. The molecule has 1 fully saturated rings. The van der Waals surface area contributed by atoms with Crippen LogP contribution in [-0.2, 0) is 15.1 Å². The van der Waals surface area contributed by atoms with E-state index in [-0.39, 0.29) is 0 Å². The van der Waals surface area contributed by atoms with Crippen molar-refractivity contribution < 1.29 is 28.8 Å². The van der Waals surface area contributed by atoms with E-state index in [4.69, 9.17) is 18.9 Å². The molecule has 0 bridgehead atoms. The summed E-state index contributed by atoms with van der Waals surface area (Å²) in [5, 5.41) is 9.61. The predicted octanol–water partition coefficient (Wildman–Crippen LogP) is 4.57. The van der Waals surface area contributed by atoms with Crippen molar-refractivity contribution in [3.05, 3.63) is 89.5 Å². The van der Waals surface area contributed by atoms with Crippen LogP contribution in [0.2, 0.25) is 0 Å². The van der Waals surface area contributed by atoms with Gasteiger partial charge in [-0.2, -0.15) is 0 Å². The number of ether oxygens (including phenoxy) is 4. The van der Waals surface area contributed by atoms with Gasteiger partial charge in [-0.25, -0.2) is 0 Å². The van der Waals surface area contributed by atoms with Gasteiger partial charge in [0.25, 0.3) is 0 Å². The van der Waals surface area contributed by atoms with E-state index < -0.39 is 17.6 Å². The number of benzene rings is 3. The fourth-order valence-electron chi connectivity index (χ4n) is 4.92. The molecule has 1 aliphatic rings. The maximum Gasteiger partial charge on any atom is 0.320 e. The Morgan fingerprint density at radius 2 is 1.22 bits per heavy atom. The minimum Gasteiger partial charge on any atom is -0.497 e. The summed E-state index contributed by atoms with van der Waals surface area (Å²) in [5.74, 6) is 1.47. The van der Waals surface area contributed by atoms with Crippen LogP contribution < -0.4 is 14.2 Å². The summed E-state index contributed by atoms with van der Waals surface area (Å²) in [5.41, 5.74) is 1.82. The van der Waals surface area contributed by atoms with Crippen LogP contribution in [0.3, 0.4) is 0 Å². The van der Waals surface area contributed by atoms with Gasteiger partial charge in [0.1, 0.15) is 28.9 Å². The number of carboxylic acids is 1. The Bertz CT molecular complexity index is 1010. The summed E-state index contributed by atoms with van der Waals surface area (Å²) >= 11 is 0. The van der Waals surface area contributed by atoms with Crippen molar-refractivity contribution in [2.75, 3.05) is 41.0 Å². The first-order chi connectivity index (χ1) is 17.5. The second-order valence-corrected chi connectivity index (χ2v) is 8.75. The van der Waals surface area contributed by atoms with E-state index >= 15 is 0 Å². The highest BCUT2D eigenvalue weighted by Crippen LogP contribution is 2.42. The molecule has 190 valence electrons. The zero-order valence-corrected chi connectivity index (χ0v) is 21.0. The van der Waals surface area contributed by atoms with Crippen LogP contribution in [-0.4, -0.2) is 63.0 Å². The first-order valence-electron chi connectivity index (χ1n) is 12.1. The van der Waals surface area contributed by atoms with Crippen molar-refractivity contribution in [1.82, 2.24) is 4.90 Å². The number of nitrogens with zero attached hydrogens (tertiary/aromatic N) is 1. The standard InChI is InChI=1S/C29H33NO6/c1-33-24-12-6-21(7-13-24)29(22-8-14-25(34-2)15-9-22,23-10-16-26(35-3)17-11-23)36-20-19-30-18-4-5-27(30)28(31)32/h6-17,27H,4-5,18-20H2,1-3H3,(H,31,32)/t27-/m0/s1. The Kier molecular flexibility index (Phi) is 8.13. The van der Waals surface area contributed by atoms with Crippen LogP contribution in [0.15, 0.2) is 72.8 Å². The van der Waals surface area contributed by atoms with E-state index in [0.29, 0.717) is 19.6 Å². The molecule has 7 heteroatoms. The highest BCUT2D eigenvalue weighted by atomic mass is 16.5. The lowest BCUT2D eigenvalue weighted by molar-refractivity contribution is -0.142. The number of rotatable bonds is 11. The maximum absolute atomic E-state index is 11.7. The van der Waals surface area contributed by atoms with Crippen LogP contribution >= 0.6 is 0 Å².